The van der Waals surface area contributed by atoms with Crippen LogP contribution in [0.15, 0.2) is 34.4 Å². The van der Waals surface area contributed by atoms with Crippen LogP contribution in [0.25, 0.3) is 0 Å². The van der Waals surface area contributed by atoms with Gasteiger partial charge in [-0.2, -0.15) is 5.26 Å². The number of hydrogen-bond donors (Lipinski definition) is 1. The molecule has 0 radical (unpaired) electrons. The van der Waals surface area contributed by atoms with E-state index in [4.69, 9.17) is 10.4 Å². The Kier molecular flexibility index (Phi) is 4.02. The van der Waals surface area contributed by atoms with Crippen LogP contribution in [0.3, 0.4) is 0 Å². The maximum absolute atomic E-state index is 10.7. The Morgan fingerprint density at radius 1 is 1.60 bits per heavy atom. The van der Waals surface area contributed by atoms with E-state index in [0.29, 0.717) is 15.7 Å². The first-order chi connectivity index (χ1) is 9.56. The van der Waals surface area contributed by atoms with E-state index < -0.39 is 4.92 Å². The fourth-order valence-corrected chi connectivity index (χ4v) is 2.48. The third kappa shape index (κ3) is 2.64. The van der Waals surface area contributed by atoms with Crippen molar-refractivity contribution >= 4 is 17.4 Å². The monoisotopic (exact) mass is 290 g/mol. The zero-order chi connectivity index (χ0) is 14.7. The van der Waals surface area contributed by atoms with Crippen LogP contribution < -0.4 is 0 Å². The minimum absolute atomic E-state index is 0.123. The SMILES string of the molecule is Cn1c(CO)cnc1Sc1ccc([N+](=O)[O-])cc1C#N. The van der Waals surface area contributed by atoms with Gasteiger partial charge in [-0.25, -0.2) is 4.98 Å². The van der Waals surface area contributed by atoms with Crippen LogP contribution in [0.5, 0.6) is 0 Å². The van der Waals surface area contributed by atoms with Gasteiger partial charge in [-0.15, -0.1) is 0 Å². The fraction of sp³-hybridized carbons (Fsp3) is 0.167. The summed E-state index contributed by atoms with van der Waals surface area (Å²) >= 11 is 1.22. The third-order valence-corrected chi connectivity index (χ3v) is 3.84. The van der Waals surface area contributed by atoms with Gasteiger partial charge in [0, 0.05) is 24.1 Å². The number of rotatable bonds is 4. The molecule has 0 aliphatic rings. The second-order valence-corrected chi connectivity index (χ2v) is 4.91. The highest BCUT2D eigenvalue weighted by Gasteiger charge is 2.14. The highest BCUT2D eigenvalue weighted by molar-refractivity contribution is 7.99. The largest absolute Gasteiger partial charge is 0.390 e. The summed E-state index contributed by atoms with van der Waals surface area (Å²) in [5.74, 6) is 0. The lowest BCUT2D eigenvalue weighted by Gasteiger charge is -2.05. The van der Waals surface area contributed by atoms with Crippen LogP contribution in [-0.2, 0) is 13.7 Å². The Bertz CT molecular complexity index is 705. The fourth-order valence-electron chi connectivity index (χ4n) is 1.57. The van der Waals surface area contributed by atoms with Gasteiger partial charge in [-0.1, -0.05) is 11.8 Å². The molecule has 0 bridgehead atoms. The average molecular weight is 290 g/mol. The molecule has 1 aromatic heterocycles. The summed E-state index contributed by atoms with van der Waals surface area (Å²) < 4.78 is 1.70. The van der Waals surface area contributed by atoms with E-state index in [1.165, 1.54) is 30.0 Å². The first-order valence-corrected chi connectivity index (χ1v) is 6.36. The molecule has 7 nitrogen and oxygen atoms in total. The molecule has 8 heteroatoms. The Morgan fingerprint density at radius 3 is 2.90 bits per heavy atom. The van der Waals surface area contributed by atoms with Gasteiger partial charge in [0.15, 0.2) is 5.16 Å². The quantitative estimate of drug-likeness (QED) is 0.680. The van der Waals surface area contributed by atoms with Crippen LogP contribution in [-0.4, -0.2) is 19.6 Å². The maximum Gasteiger partial charge on any atom is 0.270 e. The third-order valence-electron chi connectivity index (χ3n) is 2.70. The average Bonchev–Trinajstić information content (AvgIpc) is 2.79. The zero-order valence-corrected chi connectivity index (χ0v) is 11.3. The van der Waals surface area contributed by atoms with E-state index in [2.05, 4.69) is 4.98 Å². The summed E-state index contributed by atoms with van der Waals surface area (Å²) in [5, 5.41) is 29.4. The Balaban J connectivity index is 2.36. The van der Waals surface area contributed by atoms with Gasteiger partial charge < -0.3 is 9.67 Å². The number of nitrogens with zero attached hydrogens (tertiary/aromatic N) is 4. The summed E-state index contributed by atoms with van der Waals surface area (Å²) in [6, 6.07) is 6.04. The number of aromatic nitrogens is 2. The van der Waals surface area contributed by atoms with Crippen molar-refractivity contribution in [2.24, 2.45) is 7.05 Å². The molecule has 102 valence electrons. The number of nitro benzene ring substituents is 1. The van der Waals surface area contributed by atoms with Crippen LogP contribution in [0.2, 0.25) is 0 Å². The number of benzene rings is 1. The number of hydrogen-bond acceptors (Lipinski definition) is 6. The molecule has 0 saturated carbocycles. The molecular weight excluding hydrogens is 280 g/mol. The first kappa shape index (κ1) is 14.0. The van der Waals surface area contributed by atoms with Gasteiger partial charge in [0.25, 0.3) is 5.69 Å². The van der Waals surface area contributed by atoms with E-state index >= 15 is 0 Å². The molecule has 0 atom stereocenters. The molecule has 2 aromatic rings. The predicted octanol–water partition coefficient (Wildman–Crippen LogP) is 1.84. The maximum atomic E-state index is 10.7. The smallest absolute Gasteiger partial charge is 0.270 e. The van der Waals surface area contributed by atoms with Gasteiger partial charge in [0.1, 0.15) is 6.07 Å². The predicted molar refractivity (Wildman–Crippen MR) is 71.1 cm³/mol. The highest BCUT2D eigenvalue weighted by Crippen LogP contribution is 2.31. The normalized spacial score (nSPS) is 10.2. The van der Waals surface area contributed by atoms with E-state index in [1.54, 1.807) is 17.8 Å². The summed E-state index contributed by atoms with van der Waals surface area (Å²) in [6.45, 7) is -0.130. The lowest BCUT2D eigenvalue weighted by atomic mass is 10.2. The first-order valence-electron chi connectivity index (χ1n) is 5.54. The molecule has 0 fully saturated rings. The summed E-state index contributed by atoms with van der Waals surface area (Å²) in [7, 11) is 1.75. The lowest BCUT2D eigenvalue weighted by molar-refractivity contribution is -0.384. The summed E-state index contributed by atoms with van der Waals surface area (Å²) in [5.41, 5.74) is 0.743. The molecule has 20 heavy (non-hydrogen) atoms. The van der Waals surface area contributed by atoms with Gasteiger partial charge in [-0.3, -0.25) is 10.1 Å². The van der Waals surface area contributed by atoms with Crippen molar-refractivity contribution in [1.82, 2.24) is 9.55 Å². The van der Waals surface area contributed by atoms with Gasteiger partial charge in [-0.05, 0) is 6.07 Å². The van der Waals surface area contributed by atoms with Crippen molar-refractivity contribution in [1.29, 1.82) is 5.26 Å². The van der Waals surface area contributed by atoms with Crippen LogP contribution in [0.1, 0.15) is 11.3 Å². The standard InChI is InChI=1S/C12H10N4O3S/c1-15-10(7-17)6-14-12(15)20-11-3-2-9(16(18)19)4-8(11)5-13/h2-4,6,17H,7H2,1H3. The Hall–Kier alpha value is -2.37. The van der Waals surface area contributed by atoms with Crippen molar-refractivity contribution < 1.29 is 10.0 Å². The summed E-state index contributed by atoms with van der Waals surface area (Å²) in [6.07, 6.45) is 1.54. The van der Waals surface area contributed by atoms with Gasteiger partial charge >= 0.3 is 0 Å². The molecule has 1 heterocycles. The van der Waals surface area contributed by atoms with E-state index in [-0.39, 0.29) is 17.9 Å². The second-order valence-electron chi connectivity index (χ2n) is 3.90. The minimum Gasteiger partial charge on any atom is -0.390 e. The second kappa shape index (κ2) is 5.73. The van der Waals surface area contributed by atoms with Gasteiger partial charge in [0.2, 0.25) is 0 Å². The van der Waals surface area contributed by atoms with Gasteiger partial charge in [0.05, 0.1) is 29.0 Å². The van der Waals surface area contributed by atoms with E-state index in [0.717, 1.165) is 0 Å². The Morgan fingerprint density at radius 2 is 2.35 bits per heavy atom. The molecule has 2 rings (SSSR count). The molecule has 1 aromatic carbocycles. The molecule has 0 saturated heterocycles. The lowest BCUT2D eigenvalue weighted by Crippen LogP contribution is -1.97. The van der Waals surface area contributed by atoms with Crippen molar-refractivity contribution in [3.63, 3.8) is 0 Å². The highest BCUT2D eigenvalue weighted by atomic mass is 32.2. The molecular formula is C12H10N4O3S. The van der Waals surface area contributed by atoms with Crippen LogP contribution in [0, 0.1) is 21.4 Å². The van der Waals surface area contributed by atoms with E-state index in [1.807, 2.05) is 6.07 Å². The van der Waals surface area contributed by atoms with Crippen molar-refractivity contribution in [3.05, 3.63) is 45.8 Å². The Labute approximate surface area is 118 Å². The molecule has 1 N–H and O–H groups in total. The zero-order valence-electron chi connectivity index (χ0n) is 10.5. The van der Waals surface area contributed by atoms with Crippen molar-refractivity contribution in [2.45, 2.75) is 16.7 Å². The van der Waals surface area contributed by atoms with Crippen molar-refractivity contribution in [3.8, 4) is 6.07 Å². The number of nitriles is 1. The molecule has 0 aliphatic heterocycles. The minimum atomic E-state index is -0.542. The topological polar surface area (TPSA) is 105 Å². The number of nitro groups is 1. The van der Waals surface area contributed by atoms with Crippen LogP contribution >= 0.6 is 11.8 Å². The molecule has 0 amide bonds. The molecule has 0 spiro atoms. The van der Waals surface area contributed by atoms with Crippen LogP contribution in [0.4, 0.5) is 5.69 Å². The summed E-state index contributed by atoms with van der Waals surface area (Å²) in [4.78, 5) is 14.9. The number of non-ortho nitro benzene ring substituents is 1. The number of aliphatic hydroxyl groups is 1. The van der Waals surface area contributed by atoms with E-state index in [9.17, 15) is 10.1 Å². The molecule has 0 aliphatic carbocycles. The molecule has 0 unspecified atom stereocenters. The van der Waals surface area contributed by atoms with Crippen molar-refractivity contribution in [2.75, 3.05) is 0 Å². The number of aliphatic hydroxyl groups excluding tert-OH is 1. The number of imidazole rings is 1.